The molecule has 0 atom stereocenters. The van der Waals surface area contributed by atoms with Crippen molar-refractivity contribution in [3.63, 3.8) is 0 Å². The number of rotatable bonds is 6. The zero-order valence-electron chi connectivity index (χ0n) is 17.4. The van der Waals surface area contributed by atoms with E-state index in [1.807, 2.05) is 6.07 Å². The third-order valence-electron chi connectivity index (χ3n) is 4.99. The first kappa shape index (κ1) is 22.3. The fourth-order valence-electron chi connectivity index (χ4n) is 3.51. The van der Waals surface area contributed by atoms with Crippen LogP contribution in [0.15, 0.2) is 47.3 Å². The molecule has 0 aliphatic rings. The standard InChI is InChI=1S/C21H19F3N6O3/c1-33-15-10-13(9-14(11-31)26-15)16-17(12-5-3-2-4-6-12)27-19(25)30-18(16)28-29(20(30)32)8-7-21(22,23)24/h2-6,9-10,31H,7-8,11H2,1H3,(H2,25,27)/p+1. The monoisotopic (exact) mass is 461 g/mol. The van der Waals surface area contributed by atoms with Gasteiger partial charge < -0.3 is 9.84 Å². The highest BCUT2D eigenvalue weighted by atomic mass is 19.4. The lowest BCUT2D eigenvalue weighted by Crippen LogP contribution is -2.28. The normalized spacial score (nSPS) is 11.8. The fraction of sp³-hybridized carbons (Fsp3) is 0.238. The van der Waals surface area contributed by atoms with Crippen molar-refractivity contribution in [1.29, 1.82) is 0 Å². The Morgan fingerprint density at radius 1 is 1.18 bits per heavy atom. The number of methoxy groups -OCH3 is 1. The number of halogens is 3. The molecule has 4 rings (SSSR count). The number of benzene rings is 1. The maximum atomic E-state index is 12.9. The third-order valence-corrected chi connectivity index (χ3v) is 4.99. The summed E-state index contributed by atoms with van der Waals surface area (Å²) >= 11 is 0. The van der Waals surface area contributed by atoms with Crippen LogP contribution in [0.25, 0.3) is 28.0 Å². The van der Waals surface area contributed by atoms with Gasteiger partial charge in [0.2, 0.25) is 11.5 Å². The number of aromatic nitrogens is 5. The number of anilines is 1. The molecule has 0 unspecified atom stereocenters. The second kappa shape index (κ2) is 8.54. The van der Waals surface area contributed by atoms with Crippen molar-refractivity contribution in [2.24, 2.45) is 0 Å². The summed E-state index contributed by atoms with van der Waals surface area (Å²) in [7, 11) is 1.41. The highest BCUT2D eigenvalue weighted by Crippen LogP contribution is 2.34. The summed E-state index contributed by atoms with van der Waals surface area (Å²) in [4.78, 5) is 20.0. The highest BCUT2D eigenvalue weighted by molar-refractivity contribution is 5.89. The zero-order valence-corrected chi connectivity index (χ0v) is 17.4. The number of nitrogens with one attached hydrogen (secondary N) is 1. The van der Waals surface area contributed by atoms with Crippen molar-refractivity contribution < 1.29 is 28.0 Å². The van der Waals surface area contributed by atoms with Gasteiger partial charge in [0.25, 0.3) is 0 Å². The molecule has 0 bridgehead atoms. The molecule has 33 heavy (non-hydrogen) atoms. The molecule has 0 amide bonds. The maximum Gasteiger partial charge on any atom is 0.411 e. The van der Waals surface area contributed by atoms with Crippen LogP contribution in [-0.2, 0) is 13.2 Å². The molecule has 4 N–H and O–H groups in total. The molecule has 3 heterocycles. The summed E-state index contributed by atoms with van der Waals surface area (Å²) in [5, 5.41) is 13.8. The predicted molar refractivity (Wildman–Crippen MR) is 112 cm³/mol. The number of nitrogens with two attached hydrogens (primary N) is 1. The van der Waals surface area contributed by atoms with Gasteiger partial charge in [-0.1, -0.05) is 30.3 Å². The van der Waals surface area contributed by atoms with Gasteiger partial charge in [0.1, 0.15) is 5.69 Å². The lowest BCUT2D eigenvalue weighted by atomic mass is 10.00. The minimum Gasteiger partial charge on any atom is -0.481 e. The van der Waals surface area contributed by atoms with Crippen LogP contribution in [0.4, 0.5) is 19.1 Å². The molecular formula is C21H20F3N6O3+. The van der Waals surface area contributed by atoms with Crippen LogP contribution in [0, 0.1) is 0 Å². The number of hydrogen-bond donors (Lipinski definition) is 2. The molecular weight excluding hydrogens is 441 g/mol. The number of nitrogens with zero attached hydrogens (tertiary/aromatic N) is 4. The average Bonchev–Trinajstić information content (AvgIpc) is 3.13. The molecule has 0 aliphatic carbocycles. The molecule has 1 aromatic carbocycles. The molecule has 9 nitrogen and oxygen atoms in total. The summed E-state index contributed by atoms with van der Waals surface area (Å²) in [5.74, 6) is 0.101. The number of ether oxygens (including phenoxy) is 1. The van der Waals surface area contributed by atoms with E-state index in [9.17, 15) is 23.1 Å². The summed E-state index contributed by atoms with van der Waals surface area (Å²) in [6, 6.07) is 12.2. The second-order valence-electron chi connectivity index (χ2n) is 7.20. The lowest BCUT2D eigenvalue weighted by molar-refractivity contribution is -0.351. The Kier molecular flexibility index (Phi) is 5.77. The predicted octanol–water partition coefficient (Wildman–Crippen LogP) is 2.07. The average molecular weight is 461 g/mol. The molecule has 4 aromatic rings. The Morgan fingerprint density at radius 3 is 2.55 bits per heavy atom. The van der Waals surface area contributed by atoms with Gasteiger partial charge in [-0.05, 0) is 11.6 Å². The largest absolute Gasteiger partial charge is 0.481 e. The van der Waals surface area contributed by atoms with Gasteiger partial charge in [-0.2, -0.15) is 17.9 Å². The maximum absolute atomic E-state index is 12.9. The minimum absolute atomic E-state index is 0.0504. The Labute approximate surface area is 184 Å². The van der Waals surface area contributed by atoms with E-state index in [4.69, 9.17) is 10.5 Å². The van der Waals surface area contributed by atoms with Crippen LogP contribution in [0.3, 0.4) is 0 Å². The first-order valence-electron chi connectivity index (χ1n) is 9.84. The van der Waals surface area contributed by atoms with E-state index < -0.39 is 24.8 Å². The quantitative estimate of drug-likeness (QED) is 0.453. The van der Waals surface area contributed by atoms with E-state index in [1.54, 1.807) is 36.4 Å². The SMILES string of the molecule is COc1cc(-c2c(-c3ccccc3)[nH+]c(N)n3c(=O)n(CCC(F)(F)F)nc23)cc(CO)n1. The molecule has 0 aliphatic heterocycles. The summed E-state index contributed by atoms with van der Waals surface area (Å²) in [6.45, 7) is -1.04. The first-order chi connectivity index (χ1) is 15.7. The number of nitrogen functional groups attached to an aromatic ring is 1. The summed E-state index contributed by atoms with van der Waals surface area (Å²) in [5.41, 5.74) is 7.66. The van der Waals surface area contributed by atoms with E-state index in [-0.39, 0.29) is 29.8 Å². The number of pyridine rings is 1. The van der Waals surface area contributed by atoms with Crippen molar-refractivity contribution in [3.8, 4) is 28.3 Å². The minimum atomic E-state index is -4.46. The van der Waals surface area contributed by atoms with Gasteiger partial charge in [0, 0.05) is 11.6 Å². The molecule has 0 saturated heterocycles. The van der Waals surface area contributed by atoms with Crippen LogP contribution < -0.4 is 21.1 Å². The van der Waals surface area contributed by atoms with Crippen molar-refractivity contribution in [2.75, 3.05) is 12.8 Å². The number of hydrogen-bond acceptors (Lipinski definition) is 6. The second-order valence-corrected chi connectivity index (χ2v) is 7.20. The number of fused-ring (bicyclic) bond motifs is 1. The third kappa shape index (κ3) is 4.37. The number of aryl methyl sites for hydroxylation is 1. The van der Waals surface area contributed by atoms with Crippen molar-refractivity contribution in [1.82, 2.24) is 19.2 Å². The Balaban J connectivity index is 2.05. The lowest BCUT2D eigenvalue weighted by Gasteiger charge is -2.11. The van der Waals surface area contributed by atoms with E-state index in [0.29, 0.717) is 22.4 Å². The fourth-order valence-corrected chi connectivity index (χ4v) is 3.51. The Bertz CT molecular complexity index is 1340. The molecule has 172 valence electrons. The highest BCUT2D eigenvalue weighted by Gasteiger charge is 2.30. The van der Waals surface area contributed by atoms with Crippen LogP contribution in [0.1, 0.15) is 12.1 Å². The molecule has 0 fully saturated rings. The number of aliphatic hydroxyl groups excluding tert-OH is 1. The van der Waals surface area contributed by atoms with Gasteiger partial charge in [0.15, 0.2) is 0 Å². The molecule has 12 heteroatoms. The van der Waals surface area contributed by atoms with Gasteiger partial charge >= 0.3 is 17.8 Å². The van der Waals surface area contributed by atoms with Gasteiger partial charge in [0.05, 0.1) is 37.9 Å². The van der Waals surface area contributed by atoms with Crippen LogP contribution in [0.5, 0.6) is 5.88 Å². The van der Waals surface area contributed by atoms with Gasteiger partial charge in [-0.25, -0.2) is 14.8 Å². The first-order valence-corrected chi connectivity index (χ1v) is 9.84. The van der Waals surface area contributed by atoms with Crippen molar-refractivity contribution in [2.45, 2.75) is 25.7 Å². The van der Waals surface area contributed by atoms with Crippen LogP contribution >= 0.6 is 0 Å². The number of aliphatic hydroxyl groups is 1. The van der Waals surface area contributed by atoms with E-state index in [2.05, 4.69) is 15.1 Å². The molecule has 0 spiro atoms. The molecule has 0 radical (unpaired) electrons. The number of H-pyrrole nitrogens is 1. The number of alkyl halides is 3. The zero-order chi connectivity index (χ0) is 23.8. The van der Waals surface area contributed by atoms with E-state index >= 15 is 0 Å². The molecule has 0 saturated carbocycles. The Hall–Kier alpha value is -3.93. The smallest absolute Gasteiger partial charge is 0.411 e. The summed E-state index contributed by atoms with van der Waals surface area (Å²) < 4.78 is 45.3. The van der Waals surface area contributed by atoms with Crippen molar-refractivity contribution >= 4 is 11.6 Å². The van der Waals surface area contributed by atoms with E-state index in [1.165, 1.54) is 7.11 Å². The van der Waals surface area contributed by atoms with Crippen LogP contribution in [0.2, 0.25) is 0 Å². The van der Waals surface area contributed by atoms with Crippen LogP contribution in [-0.4, -0.2) is 37.6 Å². The topological polar surface area (TPSA) is 122 Å². The van der Waals surface area contributed by atoms with E-state index in [0.717, 1.165) is 9.08 Å². The molecule has 3 aromatic heterocycles. The number of aromatic amines is 1. The Morgan fingerprint density at radius 2 is 1.91 bits per heavy atom. The van der Waals surface area contributed by atoms with Gasteiger partial charge in [-0.3, -0.25) is 5.73 Å². The van der Waals surface area contributed by atoms with Crippen molar-refractivity contribution in [3.05, 3.63) is 58.6 Å². The summed E-state index contributed by atoms with van der Waals surface area (Å²) in [6.07, 6.45) is -5.68. The van der Waals surface area contributed by atoms with Gasteiger partial charge in [-0.15, -0.1) is 9.50 Å².